The van der Waals surface area contributed by atoms with Crippen LogP contribution in [0.5, 0.6) is 17.2 Å². The molecule has 8 nitrogen and oxygen atoms in total. The summed E-state index contributed by atoms with van der Waals surface area (Å²) in [4.78, 5) is 27.1. The van der Waals surface area contributed by atoms with Crippen molar-refractivity contribution in [2.45, 2.75) is 25.9 Å². The molecule has 0 spiro atoms. The third-order valence-electron chi connectivity index (χ3n) is 5.04. The van der Waals surface area contributed by atoms with Crippen LogP contribution in [0.2, 0.25) is 0 Å². The Bertz CT molecular complexity index is 946. The summed E-state index contributed by atoms with van der Waals surface area (Å²) in [6.45, 7) is 2.58. The molecule has 1 heterocycles. The number of nitrogens with one attached hydrogen (secondary N) is 1. The molecule has 1 atom stereocenters. The summed E-state index contributed by atoms with van der Waals surface area (Å²) in [5, 5.41) is 12.6. The summed E-state index contributed by atoms with van der Waals surface area (Å²) >= 11 is 0. The minimum atomic E-state index is -0.532. The van der Waals surface area contributed by atoms with Gasteiger partial charge in [-0.2, -0.15) is 0 Å². The van der Waals surface area contributed by atoms with Gasteiger partial charge in [0.15, 0.2) is 18.1 Å². The van der Waals surface area contributed by atoms with Gasteiger partial charge in [0.05, 0.1) is 26.0 Å². The first-order valence-corrected chi connectivity index (χ1v) is 10.1. The van der Waals surface area contributed by atoms with E-state index in [-0.39, 0.29) is 19.1 Å². The van der Waals surface area contributed by atoms with Gasteiger partial charge >= 0.3 is 0 Å². The molecular weight excluding hydrogens is 400 g/mol. The number of aliphatic hydroxyl groups excluding tert-OH is 1. The van der Waals surface area contributed by atoms with Crippen LogP contribution in [0.25, 0.3) is 0 Å². The Morgan fingerprint density at radius 3 is 2.68 bits per heavy atom. The summed E-state index contributed by atoms with van der Waals surface area (Å²) in [5.41, 5.74) is 1.67. The van der Waals surface area contributed by atoms with Crippen LogP contribution >= 0.6 is 0 Å². The van der Waals surface area contributed by atoms with Gasteiger partial charge in [0.25, 0.3) is 11.8 Å². The number of nitrogens with zero attached hydrogens (tertiary/aromatic N) is 1. The molecule has 0 aromatic heterocycles. The maximum atomic E-state index is 13.0. The topological polar surface area (TPSA) is 97.3 Å². The van der Waals surface area contributed by atoms with Crippen LogP contribution in [0.15, 0.2) is 36.4 Å². The highest BCUT2D eigenvalue weighted by molar-refractivity contribution is 5.99. The van der Waals surface area contributed by atoms with E-state index in [0.29, 0.717) is 41.5 Å². The van der Waals surface area contributed by atoms with Crippen LogP contribution in [0, 0.1) is 6.92 Å². The number of hydrogen-bond donors (Lipinski definition) is 2. The second-order valence-corrected chi connectivity index (χ2v) is 7.46. The van der Waals surface area contributed by atoms with Crippen molar-refractivity contribution >= 4 is 17.5 Å². The summed E-state index contributed by atoms with van der Waals surface area (Å²) in [5.74, 6) is 0.570. The molecule has 2 aromatic carbocycles. The van der Waals surface area contributed by atoms with Crippen molar-refractivity contribution in [3.8, 4) is 17.2 Å². The Hall–Kier alpha value is -3.26. The van der Waals surface area contributed by atoms with Crippen molar-refractivity contribution < 1.29 is 28.9 Å². The quantitative estimate of drug-likeness (QED) is 0.704. The van der Waals surface area contributed by atoms with Crippen LogP contribution in [-0.4, -0.2) is 61.8 Å². The third-order valence-corrected chi connectivity index (χ3v) is 5.04. The van der Waals surface area contributed by atoms with Crippen molar-refractivity contribution in [3.05, 3.63) is 47.5 Å². The van der Waals surface area contributed by atoms with E-state index in [1.807, 2.05) is 25.1 Å². The van der Waals surface area contributed by atoms with E-state index in [0.717, 1.165) is 12.0 Å². The molecule has 2 amide bonds. The summed E-state index contributed by atoms with van der Waals surface area (Å²) in [7, 11) is 2.92. The number of benzene rings is 2. The zero-order chi connectivity index (χ0) is 22.4. The SMILES string of the molecule is COc1cc(C(=O)N2CCCC(O)C2)cc(NC(=O)COc2cccc(C)c2)c1OC. The average Bonchev–Trinajstić information content (AvgIpc) is 2.76. The molecule has 31 heavy (non-hydrogen) atoms. The molecule has 0 aliphatic carbocycles. The van der Waals surface area contributed by atoms with Gasteiger partial charge in [-0.05, 0) is 49.6 Å². The molecule has 1 aliphatic heterocycles. The minimum Gasteiger partial charge on any atom is -0.493 e. The van der Waals surface area contributed by atoms with E-state index in [1.54, 1.807) is 23.1 Å². The highest BCUT2D eigenvalue weighted by Gasteiger charge is 2.25. The van der Waals surface area contributed by atoms with Crippen LogP contribution in [0.1, 0.15) is 28.8 Å². The van der Waals surface area contributed by atoms with E-state index in [1.165, 1.54) is 14.2 Å². The number of carbonyl (C=O) groups is 2. The molecule has 1 unspecified atom stereocenters. The van der Waals surface area contributed by atoms with Crippen molar-refractivity contribution in [3.63, 3.8) is 0 Å². The van der Waals surface area contributed by atoms with E-state index in [9.17, 15) is 14.7 Å². The van der Waals surface area contributed by atoms with E-state index >= 15 is 0 Å². The van der Waals surface area contributed by atoms with E-state index in [2.05, 4.69) is 5.32 Å². The normalized spacial score (nSPS) is 15.9. The molecule has 1 fully saturated rings. The maximum Gasteiger partial charge on any atom is 0.262 e. The predicted octanol–water partition coefficient (Wildman–Crippen LogP) is 2.63. The van der Waals surface area contributed by atoms with Crippen molar-refractivity contribution in [1.82, 2.24) is 4.90 Å². The molecule has 0 saturated carbocycles. The first-order valence-electron chi connectivity index (χ1n) is 10.1. The number of anilines is 1. The van der Waals surface area contributed by atoms with E-state index in [4.69, 9.17) is 14.2 Å². The molecular formula is C23H28N2O6. The van der Waals surface area contributed by atoms with Crippen LogP contribution in [0.3, 0.4) is 0 Å². The Morgan fingerprint density at radius 1 is 1.19 bits per heavy atom. The maximum absolute atomic E-state index is 13.0. The zero-order valence-corrected chi connectivity index (χ0v) is 18.0. The molecule has 1 aliphatic rings. The first-order chi connectivity index (χ1) is 14.9. The molecule has 3 rings (SSSR count). The summed E-state index contributed by atoms with van der Waals surface area (Å²) < 4.78 is 16.3. The van der Waals surface area contributed by atoms with Crippen LogP contribution < -0.4 is 19.5 Å². The second-order valence-electron chi connectivity index (χ2n) is 7.46. The van der Waals surface area contributed by atoms with E-state index < -0.39 is 12.0 Å². The van der Waals surface area contributed by atoms with Gasteiger partial charge in [-0.3, -0.25) is 9.59 Å². The predicted molar refractivity (Wildman–Crippen MR) is 116 cm³/mol. The lowest BCUT2D eigenvalue weighted by Gasteiger charge is -2.30. The van der Waals surface area contributed by atoms with Gasteiger partial charge < -0.3 is 29.5 Å². The van der Waals surface area contributed by atoms with Crippen molar-refractivity contribution in [2.75, 3.05) is 39.2 Å². The van der Waals surface area contributed by atoms with Gasteiger partial charge in [-0.25, -0.2) is 0 Å². The molecule has 2 aromatic rings. The van der Waals surface area contributed by atoms with Gasteiger partial charge in [0.1, 0.15) is 5.75 Å². The number of hydrogen-bond acceptors (Lipinski definition) is 6. The standard InChI is InChI=1S/C23H28N2O6/c1-15-6-4-8-18(10-15)31-14-21(27)24-19-11-16(12-20(29-2)22(19)30-3)23(28)25-9-5-7-17(26)13-25/h4,6,8,10-12,17,26H,5,7,9,13-14H2,1-3H3,(H,24,27). The number of methoxy groups -OCH3 is 2. The third kappa shape index (κ3) is 5.67. The zero-order valence-electron chi connectivity index (χ0n) is 18.0. The van der Waals surface area contributed by atoms with Crippen LogP contribution in [-0.2, 0) is 4.79 Å². The summed E-state index contributed by atoms with van der Waals surface area (Å²) in [6, 6.07) is 10.5. The first kappa shape index (κ1) is 22.4. The fourth-order valence-electron chi connectivity index (χ4n) is 3.54. The van der Waals surface area contributed by atoms with Gasteiger partial charge in [-0.1, -0.05) is 12.1 Å². The molecule has 0 radical (unpaired) electrons. The highest BCUT2D eigenvalue weighted by Crippen LogP contribution is 2.37. The van der Waals surface area contributed by atoms with Gasteiger partial charge in [-0.15, -0.1) is 0 Å². The fraction of sp³-hybridized carbons (Fsp3) is 0.391. The fourth-order valence-corrected chi connectivity index (χ4v) is 3.54. The Labute approximate surface area is 181 Å². The second kappa shape index (κ2) is 10.2. The monoisotopic (exact) mass is 428 g/mol. The van der Waals surface area contributed by atoms with Crippen LogP contribution in [0.4, 0.5) is 5.69 Å². The number of aliphatic hydroxyl groups is 1. The average molecular weight is 428 g/mol. The highest BCUT2D eigenvalue weighted by atomic mass is 16.5. The molecule has 1 saturated heterocycles. The number of rotatable bonds is 7. The number of piperidine rings is 1. The number of likely N-dealkylation sites (tertiary alicyclic amines) is 1. The minimum absolute atomic E-state index is 0.203. The Morgan fingerprint density at radius 2 is 2.00 bits per heavy atom. The number of aryl methyl sites for hydroxylation is 1. The largest absolute Gasteiger partial charge is 0.493 e. The number of carbonyl (C=O) groups excluding carboxylic acids is 2. The Kier molecular flexibility index (Phi) is 7.36. The molecule has 166 valence electrons. The lowest BCUT2D eigenvalue weighted by molar-refractivity contribution is -0.118. The molecule has 0 bridgehead atoms. The smallest absolute Gasteiger partial charge is 0.262 e. The lowest BCUT2D eigenvalue weighted by atomic mass is 10.1. The summed E-state index contributed by atoms with van der Waals surface area (Å²) in [6.07, 6.45) is 0.883. The number of amides is 2. The van der Waals surface area contributed by atoms with Crippen molar-refractivity contribution in [2.24, 2.45) is 0 Å². The van der Waals surface area contributed by atoms with Gasteiger partial charge in [0, 0.05) is 18.7 Å². The number of β-amino-alcohol motifs (C(OH)–C–C–N with tert-alkyl or cyclic N) is 1. The van der Waals surface area contributed by atoms with Crippen molar-refractivity contribution in [1.29, 1.82) is 0 Å². The molecule has 2 N–H and O–H groups in total. The lowest BCUT2D eigenvalue weighted by Crippen LogP contribution is -2.42. The number of ether oxygens (including phenoxy) is 3. The Balaban J connectivity index is 1.78. The molecule has 8 heteroatoms. The van der Waals surface area contributed by atoms with Gasteiger partial charge in [0.2, 0.25) is 0 Å².